The van der Waals surface area contributed by atoms with Gasteiger partial charge in [-0.1, -0.05) is 0 Å². The summed E-state index contributed by atoms with van der Waals surface area (Å²) in [6, 6.07) is -1.49. The Labute approximate surface area is 137 Å². The second-order valence-corrected chi connectivity index (χ2v) is 4.91. The molecule has 0 spiro atoms. The van der Waals surface area contributed by atoms with Crippen LogP contribution < -0.4 is 34.7 Å². The van der Waals surface area contributed by atoms with Gasteiger partial charge in [0.05, 0.1) is 6.61 Å². The summed E-state index contributed by atoms with van der Waals surface area (Å²) in [5, 5.41) is 39.1. The molecule has 4 N–H and O–H groups in total. The number of nitrogens with zero attached hydrogens (tertiary/aromatic N) is 1. The van der Waals surface area contributed by atoms with E-state index in [0.29, 0.717) is 0 Å². The van der Waals surface area contributed by atoms with Gasteiger partial charge in [0, 0.05) is 0 Å². The number of hydrogen-bond donors (Lipinski definition) is 4. The second kappa shape index (κ2) is 7.98. The molecule has 0 aromatic heterocycles. The molecule has 112 valence electrons. The summed E-state index contributed by atoms with van der Waals surface area (Å²) >= 11 is 0. The minimum Gasteiger partial charge on any atom is -0.862 e. The van der Waals surface area contributed by atoms with Crippen molar-refractivity contribution in [2.24, 2.45) is 4.99 Å². The molecule has 12 heteroatoms. The van der Waals surface area contributed by atoms with Gasteiger partial charge in [0.1, 0.15) is 24.4 Å². The van der Waals surface area contributed by atoms with Crippen LogP contribution in [0.25, 0.3) is 0 Å². The second-order valence-electron chi connectivity index (χ2n) is 3.87. The van der Waals surface area contributed by atoms with Gasteiger partial charge < -0.3 is 25.2 Å². The van der Waals surface area contributed by atoms with Gasteiger partial charge in [-0.15, -0.1) is 0 Å². The Balaban J connectivity index is 0.00000361. The summed E-state index contributed by atoms with van der Waals surface area (Å²) in [5.74, 6) is -0.736. The maximum atomic E-state index is 10.8. The van der Waals surface area contributed by atoms with Crippen molar-refractivity contribution >= 4 is 16.3 Å². The number of ether oxygens (including phenoxy) is 1. The SMILES string of the molecule is CC([O-])=N[C@H]1C(O)O[C@H](CO)[C@@H](OS(=O)(=O)O)[C@@H]1O.[Na+]. The van der Waals surface area contributed by atoms with Crippen molar-refractivity contribution in [1.82, 2.24) is 0 Å². The summed E-state index contributed by atoms with van der Waals surface area (Å²) in [4.78, 5) is 3.35. The minimum atomic E-state index is -4.93. The Morgan fingerprint density at radius 2 is 2.00 bits per heavy atom. The summed E-state index contributed by atoms with van der Waals surface area (Å²) in [6.45, 7) is 0.261. The van der Waals surface area contributed by atoms with E-state index in [4.69, 9.17) is 14.4 Å². The van der Waals surface area contributed by atoms with Crippen LogP contribution in [0.5, 0.6) is 0 Å². The smallest absolute Gasteiger partial charge is 0.862 e. The molecule has 0 aromatic rings. The van der Waals surface area contributed by atoms with Crippen molar-refractivity contribution in [2.75, 3.05) is 6.61 Å². The molecule has 1 fully saturated rings. The van der Waals surface area contributed by atoms with Gasteiger partial charge in [-0.05, 0) is 12.8 Å². The quantitative estimate of drug-likeness (QED) is 0.170. The van der Waals surface area contributed by atoms with E-state index >= 15 is 0 Å². The van der Waals surface area contributed by atoms with Crippen molar-refractivity contribution in [3.8, 4) is 0 Å². The van der Waals surface area contributed by atoms with E-state index in [9.17, 15) is 23.7 Å². The molecule has 1 unspecified atom stereocenters. The zero-order chi connectivity index (χ0) is 14.8. The summed E-state index contributed by atoms with van der Waals surface area (Å²) in [6.07, 6.45) is -6.62. The minimum absolute atomic E-state index is 0. The molecule has 1 aliphatic heterocycles. The van der Waals surface area contributed by atoms with Crippen molar-refractivity contribution < 1.29 is 71.9 Å². The first-order valence-corrected chi connectivity index (χ1v) is 6.51. The number of aliphatic hydroxyl groups is 3. The third-order valence-corrected chi connectivity index (χ3v) is 2.87. The molecule has 1 rings (SSSR count). The fourth-order valence-electron chi connectivity index (χ4n) is 1.68. The average molecular weight is 323 g/mol. The molecular formula is C8H14NNaO9S. The Hall–Kier alpha value is 0.180. The van der Waals surface area contributed by atoms with Gasteiger partial charge >= 0.3 is 40.0 Å². The van der Waals surface area contributed by atoms with E-state index in [2.05, 4.69) is 9.18 Å². The molecule has 0 amide bonds. The third kappa shape index (κ3) is 5.52. The van der Waals surface area contributed by atoms with E-state index in [0.717, 1.165) is 6.92 Å². The monoisotopic (exact) mass is 323 g/mol. The molecule has 1 saturated heterocycles. The molecule has 0 bridgehead atoms. The average Bonchev–Trinajstić information content (AvgIpc) is 2.26. The predicted molar refractivity (Wildman–Crippen MR) is 57.3 cm³/mol. The molecule has 0 saturated carbocycles. The summed E-state index contributed by atoms with van der Waals surface area (Å²) in [7, 11) is -4.93. The number of aliphatic imine (C=N–C) groups is 1. The van der Waals surface area contributed by atoms with Crippen molar-refractivity contribution in [1.29, 1.82) is 0 Å². The number of rotatable bonds is 4. The predicted octanol–water partition coefficient (Wildman–Crippen LogP) is -6.60. The van der Waals surface area contributed by atoms with Crippen LogP contribution in [0.15, 0.2) is 4.99 Å². The summed E-state index contributed by atoms with van der Waals surface area (Å²) in [5.41, 5.74) is 0. The van der Waals surface area contributed by atoms with Gasteiger partial charge in [0.15, 0.2) is 6.29 Å². The normalized spacial score (nSPS) is 35.5. The maximum absolute atomic E-state index is 10.8. The number of aliphatic hydroxyl groups excluding tert-OH is 3. The van der Waals surface area contributed by atoms with Gasteiger partial charge in [-0.2, -0.15) is 8.42 Å². The Bertz CT molecular complexity index is 437. The van der Waals surface area contributed by atoms with E-state index < -0.39 is 53.5 Å². The molecule has 1 aliphatic rings. The van der Waals surface area contributed by atoms with Crippen LogP contribution in [-0.4, -0.2) is 71.4 Å². The van der Waals surface area contributed by atoms with Crippen LogP contribution in [0, 0.1) is 0 Å². The molecule has 20 heavy (non-hydrogen) atoms. The van der Waals surface area contributed by atoms with Crippen LogP contribution in [0.1, 0.15) is 6.92 Å². The molecular weight excluding hydrogens is 309 g/mol. The maximum Gasteiger partial charge on any atom is 1.00 e. The molecule has 0 radical (unpaired) electrons. The van der Waals surface area contributed by atoms with Gasteiger partial charge in [-0.3, -0.25) is 9.55 Å². The van der Waals surface area contributed by atoms with E-state index in [1.807, 2.05) is 0 Å². The first kappa shape index (κ1) is 20.2. The third-order valence-electron chi connectivity index (χ3n) is 2.40. The molecule has 10 nitrogen and oxygen atoms in total. The molecule has 1 heterocycles. The van der Waals surface area contributed by atoms with Crippen LogP contribution in [-0.2, 0) is 19.3 Å². The molecule has 5 atom stereocenters. The van der Waals surface area contributed by atoms with Crippen LogP contribution >= 0.6 is 0 Å². The topological polar surface area (TPSA) is 169 Å². The van der Waals surface area contributed by atoms with Gasteiger partial charge in [0.25, 0.3) is 0 Å². The van der Waals surface area contributed by atoms with Crippen molar-refractivity contribution in [2.45, 2.75) is 37.6 Å². The zero-order valence-corrected chi connectivity index (χ0v) is 13.6. The van der Waals surface area contributed by atoms with Crippen LogP contribution in [0.3, 0.4) is 0 Å². The first-order valence-electron chi connectivity index (χ1n) is 5.15. The molecule has 0 aromatic carbocycles. The van der Waals surface area contributed by atoms with Crippen molar-refractivity contribution in [3.05, 3.63) is 0 Å². The zero-order valence-electron chi connectivity index (χ0n) is 10.8. The summed E-state index contributed by atoms with van der Waals surface area (Å²) < 4.78 is 38.8. The van der Waals surface area contributed by atoms with Crippen LogP contribution in [0.4, 0.5) is 0 Å². The molecule has 0 aliphatic carbocycles. The Kier molecular flexibility index (Phi) is 8.05. The van der Waals surface area contributed by atoms with E-state index in [-0.39, 0.29) is 29.6 Å². The van der Waals surface area contributed by atoms with Gasteiger partial charge in [-0.25, -0.2) is 4.18 Å². The fraction of sp³-hybridized carbons (Fsp3) is 0.875. The van der Waals surface area contributed by atoms with Crippen molar-refractivity contribution in [3.63, 3.8) is 0 Å². The largest absolute Gasteiger partial charge is 1.00 e. The Morgan fingerprint density at radius 1 is 1.45 bits per heavy atom. The van der Waals surface area contributed by atoms with E-state index in [1.165, 1.54) is 0 Å². The fourth-order valence-corrected chi connectivity index (χ4v) is 2.19. The standard InChI is InChI=1S/C8H15NO9S.Na/c1-3(11)9-5-6(12)7(18-19(14,15)16)4(2-10)17-8(5)13;/h4-8,10,12-13H,2H2,1H3,(H,9,11)(H,14,15,16);/q;+1/p-1/t4-,5-,6-,7-,8?;/m1./s1. The van der Waals surface area contributed by atoms with Gasteiger partial charge in [0.2, 0.25) is 0 Å². The number of hydrogen-bond acceptors (Lipinski definition) is 9. The van der Waals surface area contributed by atoms with E-state index in [1.54, 1.807) is 0 Å². The van der Waals surface area contributed by atoms with Crippen LogP contribution in [0.2, 0.25) is 0 Å². The first-order chi connectivity index (χ1) is 8.65. The Morgan fingerprint density at radius 3 is 2.40 bits per heavy atom.